The maximum absolute atomic E-state index is 9.00. The number of unbranched alkanes of at least 4 members (excludes halogenated alkanes) is 4. The molecule has 0 aliphatic carbocycles. The predicted molar refractivity (Wildman–Crippen MR) is 86.1 cm³/mol. The van der Waals surface area contributed by atoms with Crippen LogP contribution in [-0.2, 0) is 4.79 Å². The summed E-state index contributed by atoms with van der Waals surface area (Å²) >= 11 is 0. The van der Waals surface area contributed by atoms with Crippen molar-refractivity contribution >= 4 is 5.97 Å². The molecule has 1 saturated heterocycles. The monoisotopic (exact) mass is 285 g/mol. The lowest BCUT2D eigenvalue weighted by molar-refractivity contribution is -0.134. The van der Waals surface area contributed by atoms with E-state index in [1.165, 1.54) is 77.4 Å². The van der Waals surface area contributed by atoms with Crippen LogP contribution in [-0.4, -0.2) is 35.6 Å². The van der Waals surface area contributed by atoms with Gasteiger partial charge in [-0.2, -0.15) is 0 Å². The molecule has 0 unspecified atom stereocenters. The summed E-state index contributed by atoms with van der Waals surface area (Å²) in [6.45, 7) is 9.80. The van der Waals surface area contributed by atoms with E-state index in [-0.39, 0.29) is 0 Å². The van der Waals surface area contributed by atoms with E-state index in [4.69, 9.17) is 9.90 Å². The molecule has 0 amide bonds. The lowest BCUT2D eigenvalue weighted by atomic mass is 9.91. The summed E-state index contributed by atoms with van der Waals surface area (Å²) < 4.78 is 0. The first kappa shape index (κ1) is 19.4. The number of hydrogen-bond acceptors (Lipinski definition) is 2. The number of hydrogen-bond donors (Lipinski definition) is 1. The van der Waals surface area contributed by atoms with Crippen molar-refractivity contribution in [3.63, 3.8) is 0 Å². The standard InChI is InChI=1S/C15H31N.C2H4O2/c1-3-5-7-8-12-16-13-10-15(11-14-16)9-6-4-2;1-2(3)4/h15H,3-14H2,1-2H3;1H3,(H,3,4). The van der Waals surface area contributed by atoms with Gasteiger partial charge in [-0.3, -0.25) is 4.79 Å². The number of piperidine rings is 1. The van der Waals surface area contributed by atoms with Gasteiger partial charge in [-0.15, -0.1) is 0 Å². The van der Waals surface area contributed by atoms with Crippen LogP contribution in [0.5, 0.6) is 0 Å². The topological polar surface area (TPSA) is 40.5 Å². The summed E-state index contributed by atoms with van der Waals surface area (Å²) in [6.07, 6.45) is 12.9. The molecule has 1 aliphatic rings. The second-order valence-corrected chi connectivity index (χ2v) is 6.01. The van der Waals surface area contributed by atoms with Gasteiger partial charge in [-0.25, -0.2) is 0 Å². The minimum atomic E-state index is -0.833. The summed E-state index contributed by atoms with van der Waals surface area (Å²) in [7, 11) is 0. The van der Waals surface area contributed by atoms with Gasteiger partial charge >= 0.3 is 0 Å². The minimum Gasteiger partial charge on any atom is -0.481 e. The van der Waals surface area contributed by atoms with Crippen molar-refractivity contribution in [2.24, 2.45) is 5.92 Å². The molecule has 1 rings (SSSR count). The van der Waals surface area contributed by atoms with E-state index in [1.54, 1.807) is 0 Å². The summed E-state index contributed by atoms with van der Waals surface area (Å²) in [4.78, 5) is 11.7. The Bertz CT molecular complexity index is 219. The van der Waals surface area contributed by atoms with Gasteiger partial charge in [0.2, 0.25) is 0 Å². The molecular weight excluding hydrogens is 250 g/mol. The molecule has 20 heavy (non-hydrogen) atoms. The Morgan fingerprint density at radius 1 is 1.05 bits per heavy atom. The Morgan fingerprint density at radius 2 is 1.60 bits per heavy atom. The van der Waals surface area contributed by atoms with Crippen LogP contribution in [0.4, 0.5) is 0 Å². The van der Waals surface area contributed by atoms with Gasteiger partial charge in [0.25, 0.3) is 5.97 Å². The van der Waals surface area contributed by atoms with Crippen LogP contribution >= 0.6 is 0 Å². The van der Waals surface area contributed by atoms with Gasteiger partial charge in [0.05, 0.1) is 0 Å². The molecule has 120 valence electrons. The highest BCUT2D eigenvalue weighted by atomic mass is 16.4. The average Bonchev–Trinajstić information content (AvgIpc) is 2.42. The molecule has 0 aromatic carbocycles. The fourth-order valence-electron chi connectivity index (χ4n) is 2.75. The number of carboxylic acid groups (broad SMARTS) is 1. The van der Waals surface area contributed by atoms with Crippen LogP contribution < -0.4 is 0 Å². The third kappa shape index (κ3) is 12.5. The van der Waals surface area contributed by atoms with Crippen LogP contribution in [0, 0.1) is 5.92 Å². The summed E-state index contributed by atoms with van der Waals surface area (Å²) in [6, 6.07) is 0. The molecule has 1 aliphatic heterocycles. The van der Waals surface area contributed by atoms with Crippen LogP contribution in [0.1, 0.15) is 78.6 Å². The van der Waals surface area contributed by atoms with Crippen molar-refractivity contribution in [2.45, 2.75) is 78.6 Å². The first-order chi connectivity index (χ1) is 9.60. The van der Waals surface area contributed by atoms with E-state index >= 15 is 0 Å². The Labute approximate surface area is 125 Å². The number of carboxylic acids is 1. The Kier molecular flexibility index (Phi) is 13.0. The third-order valence-electron chi connectivity index (χ3n) is 4.00. The zero-order chi connectivity index (χ0) is 15.2. The number of rotatable bonds is 8. The highest BCUT2D eigenvalue weighted by molar-refractivity contribution is 5.62. The van der Waals surface area contributed by atoms with E-state index in [9.17, 15) is 0 Å². The van der Waals surface area contributed by atoms with Crippen LogP contribution in [0.3, 0.4) is 0 Å². The fraction of sp³-hybridized carbons (Fsp3) is 0.941. The molecule has 3 nitrogen and oxygen atoms in total. The van der Waals surface area contributed by atoms with E-state index in [0.717, 1.165) is 12.8 Å². The number of likely N-dealkylation sites (tertiary alicyclic amines) is 1. The highest BCUT2D eigenvalue weighted by Crippen LogP contribution is 2.22. The fourth-order valence-corrected chi connectivity index (χ4v) is 2.75. The summed E-state index contributed by atoms with van der Waals surface area (Å²) in [5.41, 5.74) is 0. The van der Waals surface area contributed by atoms with E-state index in [2.05, 4.69) is 18.7 Å². The van der Waals surface area contributed by atoms with E-state index in [1.807, 2.05) is 0 Å². The van der Waals surface area contributed by atoms with Crippen molar-refractivity contribution in [3.05, 3.63) is 0 Å². The second-order valence-electron chi connectivity index (χ2n) is 6.01. The second kappa shape index (κ2) is 13.4. The molecule has 1 N–H and O–H groups in total. The molecule has 0 aromatic heterocycles. The molecule has 1 heterocycles. The lowest BCUT2D eigenvalue weighted by Crippen LogP contribution is -2.34. The van der Waals surface area contributed by atoms with Crippen molar-refractivity contribution in [2.75, 3.05) is 19.6 Å². The molecule has 0 bridgehead atoms. The zero-order valence-corrected chi connectivity index (χ0v) is 13.9. The summed E-state index contributed by atoms with van der Waals surface area (Å²) in [5, 5.41) is 7.42. The van der Waals surface area contributed by atoms with Crippen molar-refractivity contribution < 1.29 is 9.90 Å². The van der Waals surface area contributed by atoms with Gasteiger partial charge in [-0.05, 0) is 44.8 Å². The van der Waals surface area contributed by atoms with E-state index in [0.29, 0.717) is 0 Å². The van der Waals surface area contributed by atoms with Crippen molar-refractivity contribution in [1.29, 1.82) is 0 Å². The molecular formula is C17H35NO2. The summed E-state index contributed by atoms with van der Waals surface area (Å²) in [5.74, 6) is 0.215. The van der Waals surface area contributed by atoms with Crippen LogP contribution in [0.2, 0.25) is 0 Å². The van der Waals surface area contributed by atoms with Crippen molar-refractivity contribution in [1.82, 2.24) is 4.90 Å². The quantitative estimate of drug-likeness (QED) is 0.665. The highest BCUT2D eigenvalue weighted by Gasteiger charge is 2.17. The Hall–Kier alpha value is -0.570. The van der Waals surface area contributed by atoms with Crippen molar-refractivity contribution in [3.8, 4) is 0 Å². The molecule has 0 atom stereocenters. The smallest absolute Gasteiger partial charge is 0.300 e. The Balaban J connectivity index is 0.000000796. The SMILES string of the molecule is CC(=O)O.CCCCCCN1CCC(CCCC)CC1. The average molecular weight is 285 g/mol. The first-order valence-corrected chi connectivity index (χ1v) is 8.52. The molecule has 0 spiro atoms. The van der Waals surface area contributed by atoms with Gasteiger partial charge < -0.3 is 10.0 Å². The Morgan fingerprint density at radius 3 is 2.10 bits per heavy atom. The third-order valence-corrected chi connectivity index (χ3v) is 4.00. The normalized spacial score (nSPS) is 16.6. The van der Waals surface area contributed by atoms with Gasteiger partial charge in [0.15, 0.2) is 0 Å². The maximum atomic E-state index is 9.00. The predicted octanol–water partition coefficient (Wildman–Crippen LogP) is 4.56. The molecule has 3 heteroatoms. The minimum absolute atomic E-state index is 0.833. The maximum Gasteiger partial charge on any atom is 0.300 e. The van der Waals surface area contributed by atoms with Crippen LogP contribution in [0.25, 0.3) is 0 Å². The number of aliphatic carboxylic acids is 1. The zero-order valence-electron chi connectivity index (χ0n) is 13.9. The van der Waals surface area contributed by atoms with Gasteiger partial charge in [0.1, 0.15) is 0 Å². The lowest BCUT2D eigenvalue weighted by Gasteiger charge is -2.32. The molecule has 0 saturated carbocycles. The van der Waals surface area contributed by atoms with E-state index < -0.39 is 5.97 Å². The first-order valence-electron chi connectivity index (χ1n) is 8.52. The van der Waals surface area contributed by atoms with Crippen LogP contribution in [0.15, 0.2) is 0 Å². The van der Waals surface area contributed by atoms with Gasteiger partial charge in [-0.1, -0.05) is 52.4 Å². The molecule has 0 aromatic rings. The van der Waals surface area contributed by atoms with Gasteiger partial charge in [0, 0.05) is 6.92 Å². The molecule has 0 radical (unpaired) electrons. The molecule has 1 fully saturated rings. The largest absolute Gasteiger partial charge is 0.481 e. The number of carbonyl (C=O) groups is 1. The number of nitrogens with zero attached hydrogens (tertiary/aromatic N) is 1.